The van der Waals surface area contributed by atoms with Gasteiger partial charge >= 0.3 is 0 Å². The number of pyridine rings is 1. The van der Waals surface area contributed by atoms with E-state index in [1.807, 2.05) is 18.2 Å². The quantitative estimate of drug-likeness (QED) is 0.202. The predicted molar refractivity (Wildman–Crippen MR) is 139 cm³/mol. The van der Waals surface area contributed by atoms with Crippen LogP contribution in [-0.2, 0) is 17.8 Å². The molecular weight excluding hydrogens is 531 g/mol. The highest BCUT2D eigenvalue weighted by Gasteiger charge is 2.31. The number of benzene rings is 2. The Bertz CT molecular complexity index is 1460. The highest BCUT2D eigenvalue weighted by Crippen LogP contribution is 2.40. The van der Waals surface area contributed by atoms with Gasteiger partial charge in [-0.05, 0) is 42.0 Å². The van der Waals surface area contributed by atoms with E-state index in [4.69, 9.17) is 44.2 Å². The molecule has 0 saturated heterocycles. The Labute approximate surface area is 220 Å². The van der Waals surface area contributed by atoms with E-state index in [9.17, 15) is 13.6 Å². The van der Waals surface area contributed by atoms with Crippen molar-refractivity contribution in [1.29, 1.82) is 0 Å². The van der Waals surface area contributed by atoms with Crippen LogP contribution in [0, 0.1) is 5.41 Å². The summed E-state index contributed by atoms with van der Waals surface area (Å²) in [5.74, 6) is -0.220. The molecule has 2 aromatic heterocycles. The number of ketones is 1. The molecule has 0 aliphatic carbocycles. The van der Waals surface area contributed by atoms with Crippen molar-refractivity contribution in [1.82, 2.24) is 9.71 Å². The first-order valence-corrected chi connectivity index (χ1v) is 12.7. The van der Waals surface area contributed by atoms with Gasteiger partial charge < -0.3 is 8.97 Å². The van der Waals surface area contributed by atoms with Gasteiger partial charge in [0.05, 0.1) is 10.7 Å². The average molecular weight is 551 g/mol. The van der Waals surface area contributed by atoms with Crippen LogP contribution in [0.2, 0.25) is 15.1 Å². The number of hydrogen-bond acceptors (Lipinski definition) is 5. The Morgan fingerprint density at radius 2 is 1.69 bits per heavy atom. The first kappa shape index (κ1) is 25.8. The standard InChI is InChI=1S/C25H21Cl3N2O4S/c1-25(2,3)23(31)22-19(12-29-35(32)33)18-11-17(13-4-6-14(26)7-5-13)21(30-24(18)34-22)16-9-8-15(27)10-20(16)28/h4-11,29H,12H2,1-3H3,(H,32,33)/p-1. The van der Waals surface area contributed by atoms with Crippen LogP contribution in [0.1, 0.15) is 36.9 Å². The Kier molecular flexibility index (Phi) is 7.38. The number of carbonyl (C=O) groups excluding carboxylic acids is 1. The molecule has 0 aliphatic rings. The summed E-state index contributed by atoms with van der Waals surface area (Å²) in [7, 11) is 0. The summed E-state index contributed by atoms with van der Waals surface area (Å²) in [6, 6.07) is 14.1. The third kappa shape index (κ3) is 5.45. The monoisotopic (exact) mass is 549 g/mol. The van der Waals surface area contributed by atoms with Crippen LogP contribution < -0.4 is 4.72 Å². The topological polar surface area (TPSA) is 95.3 Å². The number of fused-ring (bicyclic) bond motifs is 1. The molecule has 35 heavy (non-hydrogen) atoms. The van der Waals surface area contributed by atoms with Gasteiger partial charge in [0.2, 0.25) is 11.5 Å². The summed E-state index contributed by atoms with van der Waals surface area (Å²) in [5, 5.41) is 1.94. The maximum Gasteiger partial charge on any atom is 0.227 e. The fourth-order valence-corrected chi connectivity index (χ4v) is 4.52. The molecule has 2 heterocycles. The number of nitrogens with zero attached hydrogens (tertiary/aromatic N) is 1. The van der Waals surface area contributed by atoms with E-state index in [2.05, 4.69) is 4.72 Å². The van der Waals surface area contributed by atoms with Crippen molar-refractivity contribution >= 4 is 63.0 Å². The molecule has 0 saturated carbocycles. The first-order valence-electron chi connectivity index (χ1n) is 10.5. The number of nitrogens with one attached hydrogen (secondary N) is 1. The Morgan fingerprint density at radius 1 is 1.03 bits per heavy atom. The van der Waals surface area contributed by atoms with Gasteiger partial charge in [-0.1, -0.05) is 67.7 Å². The van der Waals surface area contributed by atoms with Gasteiger partial charge in [-0.2, -0.15) is 0 Å². The number of hydrogen-bond donors (Lipinski definition) is 1. The van der Waals surface area contributed by atoms with Crippen LogP contribution in [0.4, 0.5) is 0 Å². The molecular formula is C25H20Cl3N2O4S-. The number of aromatic nitrogens is 1. The largest absolute Gasteiger partial charge is 0.760 e. The first-order chi connectivity index (χ1) is 16.5. The van der Waals surface area contributed by atoms with Crippen LogP contribution in [0.25, 0.3) is 33.5 Å². The van der Waals surface area contributed by atoms with Crippen LogP contribution in [0.15, 0.2) is 52.9 Å². The highest BCUT2D eigenvalue weighted by molar-refractivity contribution is 7.77. The van der Waals surface area contributed by atoms with E-state index >= 15 is 0 Å². The minimum absolute atomic E-state index is 0.0550. The molecule has 0 spiro atoms. The fraction of sp³-hybridized carbons (Fsp3) is 0.200. The third-order valence-electron chi connectivity index (χ3n) is 5.38. The predicted octanol–water partition coefficient (Wildman–Crippen LogP) is 7.23. The van der Waals surface area contributed by atoms with E-state index in [-0.39, 0.29) is 23.8 Å². The Hall–Kier alpha value is -2.26. The zero-order valence-corrected chi connectivity index (χ0v) is 22.0. The molecule has 0 radical (unpaired) electrons. The Balaban J connectivity index is 2.05. The van der Waals surface area contributed by atoms with Crippen molar-refractivity contribution in [2.75, 3.05) is 0 Å². The average Bonchev–Trinajstić information content (AvgIpc) is 3.13. The second-order valence-corrected chi connectivity index (χ2v) is 11.0. The van der Waals surface area contributed by atoms with Crippen molar-refractivity contribution < 1.29 is 18.0 Å². The summed E-state index contributed by atoms with van der Waals surface area (Å²) < 4.78 is 30.8. The molecule has 1 N–H and O–H groups in total. The zero-order valence-electron chi connectivity index (χ0n) is 18.9. The second kappa shape index (κ2) is 10.0. The number of Topliss-reactive ketones (excluding diaryl/α,β-unsaturated/α-hetero) is 1. The summed E-state index contributed by atoms with van der Waals surface area (Å²) in [6.07, 6.45) is 0. The lowest BCUT2D eigenvalue weighted by Crippen LogP contribution is -2.23. The molecule has 2 aromatic carbocycles. The number of furan rings is 1. The van der Waals surface area contributed by atoms with Crippen LogP contribution in [0.3, 0.4) is 0 Å². The highest BCUT2D eigenvalue weighted by atomic mass is 35.5. The molecule has 0 aliphatic heterocycles. The van der Waals surface area contributed by atoms with Crippen molar-refractivity contribution in [3.05, 3.63) is 74.9 Å². The Morgan fingerprint density at radius 3 is 2.29 bits per heavy atom. The molecule has 0 fully saturated rings. The lowest BCUT2D eigenvalue weighted by atomic mass is 9.88. The molecule has 10 heteroatoms. The van der Waals surface area contributed by atoms with Crippen LogP contribution >= 0.6 is 34.8 Å². The second-order valence-electron chi connectivity index (χ2n) is 8.91. The van der Waals surface area contributed by atoms with E-state index < -0.39 is 16.7 Å². The molecule has 0 amide bonds. The molecule has 0 bridgehead atoms. The van der Waals surface area contributed by atoms with E-state index in [1.54, 1.807) is 51.1 Å². The van der Waals surface area contributed by atoms with E-state index in [0.717, 1.165) is 5.56 Å². The van der Waals surface area contributed by atoms with E-state index in [1.165, 1.54) is 0 Å². The molecule has 4 aromatic rings. The zero-order chi connectivity index (χ0) is 25.5. The van der Waals surface area contributed by atoms with Gasteiger partial charge in [-0.25, -0.2) is 9.71 Å². The third-order valence-corrected chi connectivity index (χ3v) is 6.56. The summed E-state index contributed by atoms with van der Waals surface area (Å²) in [4.78, 5) is 17.9. The summed E-state index contributed by atoms with van der Waals surface area (Å²) in [6.45, 7) is 5.15. The molecule has 4 rings (SSSR count). The maximum atomic E-state index is 13.2. The SMILES string of the molecule is CC(C)(C)C(=O)c1oc2nc(-c3ccc(Cl)cc3Cl)c(-c3ccc(Cl)cc3)cc2c1CNS(=O)[O-]. The lowest BCUT2D eigenvalue weighted by molar-refractivity contribution is 0.0829. The molecule has 1 unspecified atom stereocenters. The number of carbonyl (C=O) groups is 1. The van der Waals surface area contributed by atoms with Gasteiger partial charge in [-0.3, -0.25) is 9.00 Å². The van der Waals surface area contributed by atoms with Gasteiger partial charge in [0.25, 0.3) is 0 Å². The van der Waals surface area contributed by atoms with E-state index in [0.29, 0.717) is 42.8 Å². The molecule has 182 valence electrons. The molecule has 1 atom stereocenters. The minimum atomic E-state index is -2.54. The van der Waals surface area contributed by atoms with Crippen LogP contribution in [0.5, 0.6) is 0 Å². The fourth-order valence-electron chi connectivity index (χ4n) is 3.64. The van der Waals surface area contributed by atoms with Crippen molar-refractivity contribution in [3.8, 4) is 22.4 Å². The van der Waals surface area contributed by atoms with Crippen molar-refractivity contribution in [2.45, 2.75) is 27.3 Å². The number of rotatable bonds is 6. The van der Waals surface area contributed by atoms with Gasteiger partial charge in [0.15, 0.2) is 5.76 Å². The normalized spacial score (nSPS) is 12.8. The number of halogens is 3. The van der Waals surface area contributed by atoms with Crippen LogP contribution in [-0.4, -0.2) is 19.5 Å². The van der Waals surface area contributed by atoms with Gasteiger partial charge in [-0.15, -0.1) is 0 Å². The van der Waals surface area contributed by atoms with Crippen molar-refractivity contribution in [2.24, 2.45) is 5.41 Å². The minimum Gasteiger partial charge on any atom is -0.760 e. The summed E-state index contributed by atoms with van der Waals surface area (Å²) >= 11 is 16.2. The molecule has 6 nitrogen and oxygen atoms in total. The maximum absolute atomic E-state index is 13.2. The smallest absolute Gasteiger partial charge is 0.227 e. The van der Waals surface area contributed by atoms with Crippen molar-refractivity contribution in [3.63, 3.8) is 0 Å². The van der Waals surface area contributed by atoms with Gasteiger partial charge in [0, 0.05) is 55.3 Å². The van der Waals surface area contributed by atoms with Gasteiger partial charge in [0.1, 0.15) is 0 Å². The lowest BCUT2D eigenvalue weighted by Gasteiger charge is -2.16. The summed E-state index contributed by atoms with van der Waals surface area (Å²) in [5.41, 5.74) is 2.44.